The van der Waals surface area contributed by atoms with E-state index in [1.54, 1.807) is 17.6 Å². The number of likely N-dealkylation sites (tertiary alicyclic amines) is 1. The average Bonchev–Trinajstić information content (AvgIpc) is 3.50. The highest BCUT2D eigenvalue weighted by Crippen LogP contribution is 2.26. The van der Waals surface area contributed by atoms with E-state index in [1.165, 1.54) is 6.21 Å². The Balaban J connectivity index is 1.61. The molecule has 1 aliphatic rings. The summed E-state index contributed by atoms with van der Waals surface area (Å²) in [4.78, 5) is 18.3. The highest BCUT2D eigenvalue weighted by molar-refractivity contribution is 6.07. The Labute approximate surface area is 194 Å². The maximum absolute atomic E-state index is 11.6. The first-order chi connectivity index (χ1) is 16.0. The van der Waals surface area contributed by atoms with Crippen molar-refractivity contribution < 1.29 is 4.79 Å². The van der Waals surface area contributed by atoms with Gasteiger partial charge in [-0.1, -0.05) is 13.8 Å². The molecule has 1 saturated heterocycles. The van der Waals surface area contributed by atoms with Crippen LogP contribution in [0, 0.1) is 5.41 Å². The number of hydrogen-bond acceptors (Lipinski definition) is 6. The Morgan fingerprint density at radius 1 is 1.24 bits per heavy atom. The smallest absolute Gasteiger partial charge is 0.219 e. The van der Waals surface area contributed by atoms with Crippen molar-refractivity contribution in [2.75, 3.05) is 13.1 Å². The fourth-order valence-corrected chi connectivity index (χ4v) is 4.36. The van der Waals surface area contributed by atoms with E-state index in [0.29, 0.717) is 17.3 Å². The van der Waals surface area contributed by atoms with Gasteiger partial charge in [0.1, 0.15) is 0 Å². The summed E-state index contributed by atoms with van der Waals surface area (Å²) in [7, 11) is 0. The number of aromatic nitrogens is 5. The van der Waals surface area contributed by atoms with E-state index >= 15 is 0 Å². The van der Waals surface area contributed by atoms with Gasteiger partial charge in [-0.05, 0) is 31.7 Å². The summed E-state index contributed by atoms with van der Waals surface area (Å²) >= 11 is 0. The van der Waals surface area contributed by atoms with Crippen LogP contribution in [0.4, 0.5) is 0 Å². The summed E-state index contributed by atoms with van der Waals surface area (Å²) in [6.07, 6.45) is 14.5. The van der Waals surface area contributed by atoms with Crippen LogP contribution in [-0.4, -0.2) is 60.5 Å². The molecule has 0 radical (unpaired) electrons. The SMILES string of the molecule is CCC(CC)n1cc(-c2nc(/C(C=N)=C/NC3CCN(C(C)=O)CC3)cn3nccc23)cn1. The van der Waals surface area contributed by atoms with Gasteiger partial charge in [0.25, 0.3) is 0 Å². The highest BCUT2D eigenvalue weighted by Gasteiger charge is 2.20. The number of carbonyl (C=O) groups excluding carboxylic acids is 1. The lowest BCUT2D eigenvalue weighted by molar-refractivity contribution is -0.129. The van der Waals surface area contributed by atoms with Gasteiger partial charge in [0.2, 0.25) is 5.91 Å². The molecule has 0 aromatic carbocycles. The number of rotatable bonds is 8. The van der Waals surface area contributed by atoms with E-state index in [1.807, 2.05) is 40.4 Å². The zero-order chi connectivity index (χ0) is 23.4. The van der Waals surface area contributed by atoms with E-state index in [9.17, 15) is 4.79 Å². The molecule has 4 rings (SSSR count). The molecule has 4 heterocycles. The average molecular weight is 449 g/mol. The van der Waals surface area contributed by atoms with Crippen LogP contribution in [0.15, 0.2) is 37.1 Å². The van der Waals surface area contributed by atoms with Crippen molar-refractivity contribution in [3.05, 3.63) is 42.7 Å². The largest absolute Gasteiger partial charge is 0.387 e. The number of hydrogen-bond donors (Lipinski definition) is 2. The standard InChI is InChI=1S/C24H32N8O/c1-4-21(5-2)31-15-19(14-28-31)24-23-6-9-27-32(23)16-22(29-24)18(12-25)13-26-20-7-10-30(11-8-20)17(3)33/h6,9,12-16,20-21,25-26H,4-5,7-8,10-11H2,1-3H3/b18-13+,25-12?. The van der Waals surface area contributed by atoms with Crippen molar-refractivity contribution in [1.29, 1.82) is 5.41 Å². The molecular weight excluding hydrogens is 416 g/mol. The number of carbonyl (C=O) groups is 1. The maximum Gasteiger partial charge on any atom is 0.219 e. The monoisotopic (exact) mass is 448 g/mol. The van der Waals surface area contributed by atoms with Crippen molar-refractivity contribution in [3.8, 4) is 11.3 Å². The molecule has 3 aromatic heterocycles. The van der Waals surface area contributed by atoms with Gasteiger partial charge in [0.05, 0.1) is 41.5 Å². The van der Waals surface area contributed by atoms with E-state index in [4.69, 9.17) is 10.4 Å². The number of fused-ring (bicyclic) bond motifs is 1. The normalized spacial score (nSPS) is 15.4. The summed E-state index contributed by atoms with van der Waals surface area (Å²) in [6, 6.07) is 2.57. The van der Waals surface area contributed by atoms with Gasteiger partial charge >= 0.3 is 0 Å². The number of piperidine rings is 1. The minimum Gasteiger partial charge on any atom is -0.387 e. The van der Waals surface area contributed by atoms with E-state index in [2.05, 4.69) is 29.4 Å². The van der Waals surface area contributed by atoms with Gasteiger partial charge in [-0.15, -0.1) is 0 Å². The fraction of sp³-hybridized carbons (Fsp3) is 0.458. The van der Waals surface area contributed by atoms with Crippen molar-refractivity contribution in [2.45, 2.75) is 58.5 Å². The molecule has 0 spiro atoms. The fourth-order valence-electron chi connectivity index (χ4n) is 4.36. The van der Waals surface area contributed by atoms with E-state index in [-0.39, 0.29) is 11.9 Å². The van der Waals surface area contributed by atoms with Gasteiger partial charge in [-0.2, -0.15) is 10.2 Å². The van der Waals surface area contributed by atoms with Crippen LogP contribution < -0.4 is 5.32 Å². The van der Waals surface area contributed by atoms with Crippen LogP contribution in [0.3, 0.4) is 0 Å². The second-order valence-corrected chi connectivity index (χ2v) is 8.51. The van der Waals surface area contributed by atoms with Crippen molar-refractivity contribution in [1.82, 2.24) is 34.6 Å². The second kappa shape index (κ2) is 9.97. The molecule has 3 aromatic rings. The van der Waals surface area contributed by atoms with Crippen LogP contribution in [0.25, 0.3) is 22.3 Å². The zero-order valence-corrected chi connectivity index (χ0v) is 19.5. The molecule has 9 nitrogen and oxygen atoms in total. The Hall–Kier alpha value is -3.49. The van der Waals surface area contributed by atoms with Gasteiger partial charge in [-0.25, -0.2) is 9.50 Å². The van der Waals surface area contributed by atoms with E-state index < -0.39 is 0 Å². The lowest BCUT2D eigenvalue weighted by Crippen LogP contribution is -2.42. The number of amides is 1. The van der Waals surface area contributed by atoms with Crippen molar-refractivity contribution in [3.63, 3.8) is 0 Å². The van der Waals surface area contributed by atoms with E-state index in [0.717, 1.165) is 55.5 Å². The number of nitrogens with zero attached hydrogens (tertiary/aromatic N) is 6. The Morgan fingerprint density at radius 3 is 2.67 bits per heavy atom. The lowest BCUT2D eigenvalue weighted by Gasteiger charge is -2.31. The Morgan fingerprint density at radius 2 is 2.00 bits per heavy atom. The summed E-state index contributed by atoms with van der Waals surface area (Å²) in [6.45, 7) is 7.46. The third kappa shape index (κ3) is 4.81. The molecule has 9 heteroatoms. The lowest BCUT2D eigenvalue weighted by atomic mass is 10.0. The molecule has 1 aliphatic heterocycles. The molecule has 0 atom stereocenters. The molecule has 1 amide bonds. The van der Waals surface area contributed by atoms with Crippen LogP contribution in [0.2, 0.25) is 0 Å². The third-order valence-electron chi connectivity index (χ3n) is 6.45. The molecule has 0 aliphatic carbocycles. The van der Waals surface area contributed by atoms with Gasteiger partial charge in [0.15, 0.2) is 0 Å². The first-order valence-corrected chi connectivity index (χ1v) is 11.7. The summed E-state index contributed by atoms with van der Waals surface area (Å²) in [5, 5.41) is 20.4. The Kier molecular flexibility index (Phi) is 6.86. The summed E-state index contributed by atoms with van der Waals surface area (Å²) in [5.41, 5.74) is 3.97. The molecule has 1 fully saturated rings. The molecule has 174 valence electrons. The predicted octanol–water partition coefficient (Wildman–Crippen LogP) is 3.54. The zero-order valence-electron chi connectivity index (χ0n) is 19.5. The summed E-state index contributed by atoms with van der Waals surface area (Å²) < 4.78 is 3.81. The first-order valence-electron chi connectivity index (χ1n) is 11.7. The predicted molar refractivity (Wildman–Crippen MR) is 129 cm³/mol. The quantitative estimate of drug-likeness (QED) is 0.513. The van der Waals surface area contributed by atoms with Gasteiger partial charge in [-0.3, -0.25) is 9.48 Å². The van der Waals surface area contributed by atoms with Crippen LogP contribution in [-0.2, 0) is 4.79 Å². The minimum absolute atomic E-state index is 0.126. The van der Waals surface area contributed by atoms with Gasteiger partial charge < -0.3 is 15.6 Å². The van der Waals surface area contributed by atoms with Gasteiger partial charge in [0, 0.05) is 55.8 Å². The summed E-state index contributed by atoms with van der Waals surface area (Å²) in [5.74, 6) is 0.126. The molecule has 33 heavy (non-hydrogen) atoms. The Bertz CT molecular complexity index is 1150. The number of nitrogens with one attached hydrogen (secondary N) is 2. The molecular formula is C24H32N8O. The van der Waals surface area contributed by atoms with Crippen molar-refractivity contribution >= 4 is 23.2 Å². The first kappa shape index (κ1) is 22.7. The molecule has 0 saturated carbocycles. The van der Waals surface area contributed by atoms with Crippen LogP contribution in [0.1, 0.15) is 58.2 Å². The maximum atomic E-state index is 11.6. The molecule has 2 N–H and O–H groups in total. The minimum atomic E-state index is 0.126. The number of allylic oxidation sites excluding steroid dienone is 1. The van der Waals surface area contributed by atoms with Crippen LogP contribution >= 0.6 is 0 Å². The third-order valence-corrected chi connectivity index (χ3v) is 6.45. The molecule has 0 unspecified atom stereocenters. The second-order valence-electron chi connectivity index (χ2n) is 8.51. The topological polar surface area (TPSA) is 104 Å². The van der Waals surface area contributed by atoms with Crippen LogP contribution in [0.5, 0.6) is 0 Å². The van der Waals surface area contributed by atoms with Crippen molar-refractivity contribution in [2.24, 2.45) is 0 Å². The highest BCUT2D eigenvalue weighted by atomic mass is 16.2. The molecule has 0 bridgehead atoms.